The van der Waals surface area contributed by atoms with Crippen LogP contribution in [0, 0.1) is 0 Å². The summed E-state index contributed by atoms with van der Waals surface area (Å²) >= 11 is 26.8. The summed E-state index contributed by atoms with van der Waals surface area (Å²) in [6, 6.07) is 42.9. The van der Waals surface area contributed by atoms with Gasteiger partial charge in [0.05, 0.1) is 33.3 Å². The standard InChI is InChI=1S/C53H40Cl4N2O5/c54-45-15-7-13-39(49(45)56)47-41(29-58(25-27-60)31-43(47)52(63)35-9-3-1-4-10-35)33-17-21-37(22-18-33)51(62)38-23-19-34(20-24-38)42-30-59(26-28-61)32-44(53(64)36-11-5-2-6-12-36)48(42)40-14-8-16-46(55)50(40)57/h1-24,29-32,47-48,60-61H,25-28H2. The molecule has 6 aromatic rings. The topological polar surface area (TPSA) is 98.2 Å². The van der Waals surface area contributed by atoms with E-state index in [0.29, 0.717) is 64.6 Å². The molecule has 2 heterocycles. The van der Waals surface area contributed by atoms with Crippen LogP contribution in [-0.4, -0.2) is 63.7 Å². The zero-order valence-electron chi connectivity index (χ0n) is 34.2. The summed E-state index contributed by atoms with van der Waals surface area (Å²) < 4.78 is 0. The first-order valence-corrected chi connectivity index (χ1v) is 22.0. The molecular formula is C53H40Cl4N2O5. The lowest BCUT2D eigenvalue weighted by atomic mass is 9.77. The van der Waals surface area contributed by atoms with Gasteiger partial charge in [0, 0.05) is 83.1 Å². The van der Waals surface area contributed by atoms with Crippen molar-refractivity contribution in [1.82, 2.24) is 9.80 Å². The highest BCUT2D eigenvalue weighted by atomic mass is 35.5. The van der Waals surface area contributed by atoms with Crippen LogP contribution in [0.1, 0.15) is 70.7 Å². The summed E-state index contributed by atoms with van der Waals surface area (Å²) in [5.74, 6) is -1.88. The normalized spacial score (nSPS) is 16.1. The Labute approximate surface area is 391 Å². The molecule has 7 nitrogen and oxygen atoms in total. The van der Waals surface area contributed by atoms with Crippen LogP contribution in [0.4, 0.5) is 0 Å². The minimum atomic E-state index is -0.630. The number of nitrogens with zero attached hydrogens (tertiary/aromatic N) is 2. The maximum absolute atomic E-state index is 14.3. The number of aliphatic hydroxyl groups excluding tert-OH is 2. The number of Topliss-reactive ketones (excluding diaryl/α,β-unsaturated/α-hetero) is 2. The third kappa shape index (κ3) is 9.15. The summed E-state index contributed by atoms with van der Waals surface area (Å²) in [5.41, 5.74) is 6.96. The van der Waals surface area contributed by atoms with E-state index in [-0.39, 0.29) is 43.7 Å². The summed E-state index contributed by atoms with van der Waals surface area (Å²) in [6.45, 7) is 0.168. The van der Waals surface area contributed by atoms with Gasteiger partial charge in [-0.05, 0) is 45.5 Å². The molecule has 320 valence electrons. The molecule has 0 bridgehead atoms. The lowest BCUT2D eigenvalue weighted by Crippen LogP contribution is -2.26. The van der Waals surface area contributed by atoms with E-state index in [1.165, 1.54) is 0 Å². The molecule has 0 aliphatic carbocycles. The number of halogens is 4. The molecule has 2 aliphatic rings. The smallest absolute Gasteiger partial charge is 0.193 e. The van der Waals surface area contributed by atoms with Crippen LogP contribution < -0.4 is 0 Å². The molecule has 0 amide bonds. The van der Waals surface area contributed by atoms with E-state index in [4.69, 9.17) is 46.4 Å². The Morgan fingerprint density at radius 1 is 0.422 bits per heavy atom. The fourth-order valence-electron chi connectivity index (χ4n) is 8.24. The first-order chi connectivity index (χ1) is 31.1. The molecule has 0 spiro atoms. The van der Waals surface area contributed by atoms with Crippen molar-refractivity contribution < 1.29 is 24.6 Å². The van der Waals surface area contributed by atoms with Gasteiger partial charge in [0.1, 0.15) is 0 Å². The van der Waals surface area contributed by atoms with E-state index in [0.717, 1.165) is 22.3 Å². The highest BCUT2D eigenvalue weighted by molar-refractivity contribution is 6.43. The minimum Gasteiger partial charge on any atom is -0.395 e. The van der Waals surface area contributed by atoms with Crippen LogP contribution in [0.2, 0.25) is 20.1 Å². The molecule has 2 unspecified atom stereocenters. The molecule has 6 aromatic carbocycles. The SMILES string of the molecule is O=C(C1=CN(CCO)C=C(c2ccc(C(=O)c3ccc(C4=CN(CCO)C=C(C(=O)c5ccccc5)C4c4cccc(Cl)c4Cl)cc3)cc2)C1c1cccc(Cl)c1Cl)c1ccccc1. The molecule has 2 aliphatic heterocycles. The van der Waals surface area contributed by atoms with Gasteiger partial charge in [-0.3, -0.25) is 14.4 Å². The zero-order valence-corrected chi connectivity index (χ0v) is 37.2. The van der Waals surface area contributed by atoms with Gasteiger partial charge in [-0.1, -0.05) is 180 Å². The summed E-state index contributed by atoms with van der Waals surface area (Å²) in [7, 11) is 0. The number of β-amino-alcohol motifs (C(OH)–C–C–N with tert-alkyl or cyclic N) is 2. The van der Waals surface area contributed by atoms with Crippen molar-refractivity contribution in [3.05, 3.63) is 246 Å². The van der Waals surface area contributed by atoms with Crippen molar-refractivity contribution in [2.75, 3.05) is 26.3 Å². The first-order valence-electron chi connectivity index (χ1n) is 20.5. The van der Waals surface area contributed by atoms with Gasteiger partial charge in [0.2, 0.25) is 0 Å². The van der Waals surface area contributed by atoms with E-state index in [1.54, 1.807) is 119 Å². The Bertz CT molecular complexity index is 2660. The molecule has 0 fully saturated rings. The summed E-state index contributed by atoms with van der Waals surface area (Å²) in [5, 5.41) is 21.3. The predicted octanol–water partition coefficient (Wildman–Crippen LogP) is 11.9. The van der Waals surface area contributed by atoms with Crippen molar-refractivity contribution in [2.45, 2.75) is 11.8 Å². The molecule has 2 N–H and O–H groups in total. The Morgan fingerprint density at radius 3 is 1.14 bits per heavy atom. The van der Waals surface area contributed by atoms with E-state index >= 15 is 0 Å². The predicted molar refractivity (Wildman–Crippen MR) is 256 cm³/mol. The highest BCUT2D eigenvalue weighted by Gasteiger charge is 2.35. The molecule has 0 radical (unpaired) electrons. The van der Waals surface area contributed by atoms with E-state index < -0.39 is 11.8 Å². The molecule has 0 aromatic heterocycles. The molecule has 0 saturated heterocycles. The van der Waals surface area contributed by atoms with Gasteiger partial charge in [-0.2, -0.15) is 0 Å². The number of hydrogen-bond acceptors (Lipinski definition) is 7. The van der Waals surface area contributed by atoms with Crippen molar-refractivity contribution in [3.63, 3.8) is 0 Å². The number of ketones is 3. The average Bonchev–Trinajstić information content (AvgIpc) is 3.33. The number of hydrogen-bond donors (Lipinski definition) is 2. The first kappa shape index (κ1) is 44.6. The van der Waals surface area contributed by atoms with E-state index in [2.05, 4.69) is 0 Å². The molecule has 0 saturated carbocycles. The Hall–Kier alpha value is -6.03. The molecule has 64 heavy (non-hydrogen) atoms. The largest absolute Gasteiger partial charge is 0.395 e. The number of carbonyl (C=O) groups is 3. The molecular weight excluding hydrogens is 886 g/mol. The van der Waals surface area contributed by atoms with Gasteiger partial charge < -0.3 is 20.0 Å². The average molecular weight is 927 g/mol. The number of benzene rings is 6. The minimum absolute atomic E-state index is 0.154. The van der Waals surface area contributed by atoms with Gasteiger partial charge in [0.15, 0.2) is 17.3 Å². The number of carbonyl (C=O) groups excluding carboxylic acids is 3. The molecule has 11 heteroatoms. The fraction of sp³-hybridized carbons (Fsp3) is 0.113. The van der Waals surface area contributed by atoms with Crippen LogP contribution >= 0.6 is 46.4 Å². The molecule has 8 rings (SSSR count). The van der Waals surface area contributed by atoms with Crippen LogP contribution in [0.3, 0.4) is 0 Å². The summed E-state index contributed by atoms with van der Waals surface area (Å²) in [4.78, 5) is 46.2. The number of rotatable bonds is 14. The summed E-state index contributed by atoms with van der Waals surface area (Å²) in [6.07, 6.45) is 7.26. The van der Waals surface area contributed by atoms with Crippen LogP contribution in [0.15, 0.2) is 182 Å². The van der Waals surface area contributed by atoms with Gasteiger partial charge in [-0.25, -0.2) is 0 Å². The lowest BCUT2D eigenvalue weighted by Gasteiger charge is -2.32. The van der Waals surface area contributed by atoms with Crippen LogP contribution in [0.25, 0.3) is 11.1 Å². The second kappa shape index (κ2) is 19.8. The number of allylic oxidation sites excluding steroid dienone is 4. The Morgan fingerprint density at radius 2 is 0.781 bits per heavy atom. The second-order valence-corrected chi connectivity index (χ2v) is 16.9. The number of aliphatic hydroxyl groups is 2. The van der Waals surface area contributed by atoms with Gasteiger partial charge in [0.25, 0.3) is 0 Å². The third-order valence-electron chi connectivity index (χ3n) is 11.3. The fourth-order valence-corrected chi connectivity index (χ4v) is 9.07. The van der Waals surface area contributed by atoms with Gasteiger partial charge in [-0.15, -0.1) is 0 Å². The quantitative estimate of drug-likeness (QED) is 0.105. The second-order valence-electron chi connectivity index (χ2n) is 15.3. The van der Waals surface area contributed by atoms with Crippen molar-refractivity contribution in [1.29, 1.82) is 0 Å². The Balaban J connectivity index is 1.13. The van der Waals surface area contributed by atoms with Gasteiger partial charge >= 0.3 is 0 Å². The van der Waals surface area contributed by atoms with Crippen LogP contribution in [-0.2, 0) is 0 Å². The van der Waals surface area contributed by atoms with E-state index in [9.17, 15) is 24.6 Å². The van der Waals surface area contributed by atoms with Crippen LogP contribution in [0.5, 0.6) is 0 Å². The van der Waals surface area contributed by atoms with Crippen molar-refractivity contribution in [2.24, 2.45) is 0 Å². The lowest BCUT2D eigenvalue weighted by molar-refractivity contribution is 0.101. The van der Waals surface area contributed by atoms with Crippen molar-refractivity contribution >= 4 is 74.9 Å². The zero-order chi connectivity index (χ0) is 44.9. The highest BCUT2D eigenvalue weighted by Crippen LogP contribution is 2.48. The van der Waals surface area contributed by atoms with Crippen molar-refractivity contribution in [3.8, 4) is 0 Å². The Kier molecular flexibility index (Phi) is 13.8. The third-order valence-corrected chi connectivity index (χ3v) is 13.0. The maximum Gasteiger partial charge on any atom is 0.193 e. The monoisotopic (exact) mass is 924 g/mol. The van der Waals surface area contributed by atoms with E-state index in [1.807, 2.05) is 60.9 Å². The molecule has 2 atom stereocenters. The maximum atomic E-state index is 14.3.